The minimum Gasteiger partial charge on any atom is -0.481 e. The highest BCUT2D eigenvalue weighted by Gasteiger charge is 2.71. The molecule has 0 aromatic carbocycles. The average Bonchev–Trinajstić information content (AvgIpc) is 3.13. The molecule has 7 heteroatoms. The summed E-state index contributed by atoms with van der Waals surface area (Å²) < 4.78 is 27.7. The van der Waals surface area contributed by atoms with Crippen LogP contribution in [0, 0.1) is 85.8 Å². The number of ether oxygens (including phenoxy) is 4. The Bertz CT molecular complexity index is 1540. The molecule has 0 spiro atoms. The standard InChI is InChI=1S/C49H80O7/c1-15-36-30(5)28(3)32(7)41(54-36)56-40-31(6)29(4)33(8)53-42(40)55-39-19-20-45(11)37(46(39,12)26-50)18-21-47(13)38(45)17-16-34-35-25-44(9,10)22-23-49(35,43(51)52)27(2)24-48(34,47)14/h16,26-33,35-42H,15,17-25H2,1-14H3,(H,51,52)/t27?,28-,29+,30+,31-,32?,33?,35?,36?,37+,38?,39-,40?,41-,42-,45?,46+,47-,48+,49-/m0/s1. The first-order chi connectivity index (χ1) is 26.1. The van der Waals surface area contributed by atoms with Crippen molar-refractivity contribution in [3.8, 4) is 0 Å². The number of aliphatic carboxylic acids is 1. The first-order valence-corrected chi connectivity index (χ1v) is 23.1. The average molecular weight is 781 g/mol. The maximum absolute atomic E-state index is 13.7. The summed E-state index contributed by atoms with van der Waals surface area (Å²) >= 11 is 0. The molecule has 0 radical (unpaired) electrons. The summed E-state index contributed by atoms with van der Waals surface area (Å²) in [5, 5.41) is 11.0. The zero-order valence-corrected chi connectivity index (χ0v) is 37.8. The molecule has 1 N–H and O–H groups in total. The molecular weight excluding hydrogens is 701 g/mol. The van der Waals surface area contributed by atoms with Gasteiger partial charge in [-0.2, -0.15) is 0 Å². The van der Waals surface area contributed by atoms with Gasteiger partial charge in [-0.3, -0.25) is 4.79 Å². The molecule has 7 nitrogen and oxygen atoms in total. The summed E-state index contributed by atoms with van der Waals surface area (Å²) in [7, 11) is 0. The molecule has 6 fully saturated rings. The van der Waals surface area contributed by atoms with E-state index in [9.17, 15) is 14.7 Å². The van der Waals surface area contributed by atoms with Crippen LogP contribution < -0.4 is 0 Å². The summed E-state index contributed by atoms with van der Waals surface area (Å²) in [6, 6.07) is 0. The van der Waals surface area contributed by atoms with Crippen molar-refractivity contribution in [1.29, 1.82) is 0 Å². The van der Waals surface area contributed by atoms with Gasteiger partial charge < -0.3 is 28.8 Å². The number of hydrogen-bond donors (Lipinski definition) is 1. The zero-order chi connectivity index (χ0) is 41.1. The van der Waals surface area contributed by atoms with E-state index in [0.29, 0.717) is 17.8 Å². The van der Waals surface area contributed by atoms with Crippen LogP contribution in [0.15, 0.2) is 11.6 Å². The summed E-state index contributed by atoms with van der Waals surface area (Å²) in [5.74, 6) is 1.82. The monoisotopic (exact) mass is 781 g/mol. The van der Waals surface area contributed by atoms with Gasteiger partial charge in [0.25, 0.3) is 0 Å². The minimum absolute atomic E-state index is 0.00469. The SMILES string of the molecule is CCC1O[C@@H](OC2[C@H](O[C@H]3CCC4(C)C5CC=C6C7CC(C)(C)CC[C@]7(C(=O)O)C(C)C[C@@]6(C)[C@@]5(C)CC[C@H]4[C@@]3(C)C=O)OC(C)[C@H](C)[C@@H]2C)C(C)[C@@H](C)[C@H]1C. The number of carboxylic acids is 1. The van der Waals surface area contributed by atoms with E-state index in [1.807, 2.05) is 0 Å². The van der Waals surface area contributed by atoms with Gasteiger partial charge in [0.05, 0.1) is 29.1 Å². The maximum atomic E-state index is 13.7. The van der Waals surface area contributed by atoms with Crippen molar-refractivity contribution in [3.63, 3.8) is 0 Å². The molecule has 7 rings (SSSR count). The van der Waals surface area contributed by atoms with Crippen LogP contribution in [-0.2, 0) is 28.5 Å². The van der Waals surface area contributed by atoms with E-state index in [1.54, 1.807) is 0 Å². The summed E-state index contributed by atoms with van der Waals surface area (Å²) in [6.07, 6.45) is 11.8. The van der Waals surface area contributed by atoms with E-state index >= 15 is 0 Å². The first kappa shape index (κ1) is 42.8. The third kappa shape index (κ3) is 6.05. The number of aldehydes is 1. The molecule has 0 amide bonds. The van der Waals surface area contributed by atoms with Gasteiger partial charge in [0.1, 0.15) is 12.4 Å². The maximum Gasteiger partial charge on any atom is 0.310 e. The van der Waals surface area contributed by atoms with Crippen molar-refractivity contribution in [2.24, 2.45) is 85.8 Å². The summed E-state index contributed by atoms with van der Waals surface area (Å²) in [4.78, 5) is 27.1. The normalized spacial score (nSPS) is 55.4. The highest BCUT2D eigenvalue weighted by Crippen LogP contribution is 2.76. The Morgan fingerprint density at radius 2 is 1.50 bits per heavy atom. The molecule has 2 saturated heterocycles. The Morgan fingerprint density at radius 1 is 0.804 bits per heavy atom. The summed E-state index contributed by atoms with van der Waals surface area (Å²) in [5.41, 5.74) is 0.0837. The van der Waals surface area contributed by atoms with E-state index in [2.05, 4.69) is 103 Å². The second kappa shape index (κ2) is 14.4. The van der Waals surface area contributed by atoms with Gasteiger partial charge in [0.2, 0.25) is 0 Å². The number of allylic oxidation sites excluding steroid dienone is 2. The van der Waals surface area contributed by atoms with Crippen LogP contribution in [0.2, 0.25) is 0 Å². The molecule has 0 aromatic rings. The Balaban J connectivity index is 1.17. The lowest BCUT2D eigenvalue weighted by atomic mass is 9.32. The second-order valence-electron chi connectivity index (χ2n) is 22.9. The van der Waals surface area contributed by atoms with Crippen molar-refractivity contribution in [2.75, 3.05) is 0 Å². The fourth-order valence-electron chi connectivity index (χ4n) is 15.4. The Hall–Kier alpha value is -1.28. The fourth-order valence-corrected chi connectivity index (χ4v) is 15.4. The third-order valence-corrected chi connectivity index (χ3v) is 20.1. The molecule has 0 bridgehead atoms. The zero-order valence-electron chi connectivity index (χ0n) is 37.8. The van der Waals surface area contributed by atoms with Crippen LogP contribution in [-0.4, -0.2) is 54.4 Å². The predicted octanol–water partition coefficient (Wildman–Crippen LogP) is 11.1. The van der Waals surface area contributed by atoms with Crippen LogP contribution in [0.5, 0.6) is 0 Å². The summed E-state index contributed by atoms with van der Waals surface area (Å²) in [6.45, 7) is 32.5. The lowest BCUT2D eigenvalue weighted by Crippen LogP contribution is -2.67. The van der Waals surface area contributed by atoms with Gasteiger partial charge in [0.15, 0.2) is 12.6 Å². The van der Waals surface area contributed by atoms with Crippen LogP contribution in [0.25, 0.3) is 0 Å². The highest BCUT2D eigenvalue weighted by molar-refractivity contribution is 5.77. The van der Waals surface area contributed by atoms with Gasteiger partial charge in [-0.25, -0.2) is 0 Å². The molecule has 2 aliphatic heterocycles. The van der Waals surface area contributed by atoms with Crippen LogP contribution >= 0.6 is 0 Å². The molecule has 4 saturated carbocycles. The van der Waals surface area contributed by atoms with Gasteiger partial charge >= 0.3 is 5.97 Å². The van der Waals surface area contributed by atoms with Gasteiger partial charge in [-0.15, -0.1) is 0 Å². The predicted molar refractivity (Wildman–Crippen MR) is 220 cm³/mol. The van der Waals surface area contributed by atoms with E-state index in [-0.39, 0.29) is 87.9 Å². The number of carbonyl (C=O) groups excluding carboxylic acids is 1. The molecule has 20 atom stereocenters. The van der Waals surface area contributed by atoms with Crippen LogP contribution in [0.1, 0.15) is 161 Å². The lowest BCUT2D eigenvalue weighted by molar-refractivity contribution is -0.350. The highest BCUT2D eigenvalue weighted by atomic mass is 16.7. The number of carboxylic acid groups (broad SMARTS) is 1. The third-order valence-electron chi connectivity index (χ3n) is 20.1. The van der Waals surface area contributed by atoms with E-state index < -0.39 is 23.1 Å². The first-order valence-electron chi connectivity index (χ1n) is 23.1. The van der Waals surface area contributed by atoms with Crippen LogP contribution in [0.3, 0.4) is 0 Å². The number of carbonyl (C=O) groups is 2. The van der Waals surface area contributed by atoms with Crippen molar-refractivity contribution in [1.82, 2.24) is 0 Å². The largest absolute Gasteiger partial charge is 0.481 e. The Labute approximate surface area is 340 Å². The number of fused-ring (bicyclic) bond motifs is 7. The van der Waals surface area contributed by atoms with E-state index in [0.717, 1.165) is 64.2 Å². The number of hydrogen-bond acceptors (Lipinski definition) is 6. The van der Waals surface area contributed by atoms with Gasteiger partial charge in [0, 0.05) is 5.92 Å². The lowest BCUT2D eigenvalue weighted by Gasteiger charge is -2.71. The van der Waals surface area contributed by atoms with Crippen LogP contribution in [0.4, 0.5) is 0 Å². The minimum atomic E-state index is -0.680. The molecule has 2 heterocycles. The fraction of sp³-hybridized carbons (Fsp3) is 0.918. The topological polar surface area (TPSA) is 91.3 Å². The van der Waals surface area contributed by atoms with Gasteiger partial charge in [-0.05, 0) is 140 Å². The molecule has 7 aliphatic rings. The smallest absolute Gasteiger partial charge is 0.310 e. The molecule has 8 unspecified atom stereocenters. The Kier molecular flexibility index (Phi) is 11.0. The van der Waals surface area contributed by atoms with Crippen molar-refractivity contribution < 1.29 is 33.6 Å². The second-order valence-corrected chi connectivity index (χ2v) is 22.9. The molecule has 5 aliphatic carbocycles. The van der Waals surface area contributed by atoms with Crippen molar-refractivity contribution in [3.05, 3.63) is 11.6 Å². The van der Waals surface area contributed by atoms with Crippen molar-refractivity contribution in [2.45, 2.75) is 198 Å². The Morgan fingerprint density at radius 3 is 2.14 bits per heavy atom. The van der Waals surface area contributed by atoms with Crippen molar-refractivity contribution >= 4 is 12.3 Å². The van der Waals surface area contributed by atoms with Gasteiger partial charge in [-0.1, -0.05) is 102 Å². The van der Waals surface area contributed by atoms with E-state index in [4.69, 9.17) is 18.9 Å². The molecule has 0 aromatic heterocycles. The number of rotatable bonds is 7. The molecular formula is C49H80O7. The van der Waals surface area contributed by atoms with E-state index in [1.165, 1.54) is 11.9 Å². The quantitative estimate of drug-likeness (QED) is 0.156. The molecule has 56 heavy (non-hydrogen) atoms. The molecule has 318 valence electrons.